The average molecular weight is 458 g/mol. The molecule has 0 radical (unpaired) electrons. The first-order chi connectivity index (χ1) is 15.9. The van der Waals surface area contributed by atoms with Crippen LogP contribution in [-0.2, 0) is 6.18 Å². The fourth-order valence-electron chi connectivity index (χ4n) is 4.94. The second kappa shape index (κ2) is 10.7. The number of piperidine rings is 1. The summed E-state index contributed by atoms with van der Waals surface area (Å²) in [6.07, 6.45) is -0.627. The number of benzene rings is 2. The standard InChI is InChI=1S/C27H34F3N3/c1-22(24-6-3-2-4-7-24)21-32-14-11-23(12-15-32)10-13-31-16-18-33(19-17-31)26-9-5-8-25(20-26)27(28,29)30/h2-9,20,23H,1,10-19,21H2. The fraction of sp³-hybridized carbons (Fsp3) is 0.481. The smallest absolute Gasteiger partial charge is 0.369 e. The first kappa shape index (κ1) is 23.8. The molecule has 6 heteroatoms. The highest BCUT2D eigenvalue weighted by molar-refractivity contribution is 5.64. The lowest BCUT2D eigenvalue weighted by Crippen LogP contribution is -2.47. The van der Waals surface area contributed by atoms with E-state index < -0.39 is 11.7 Å². The molecular formula is C27H34F3N3. The van der Waals surface area contributed by atoms with E-state index in [1.807, 2.05) is 6.07 Å². The molecule has 33 heavy (non-hydrogen) atoms. The van der Waals surface area contributed by atoms with Gasteiger partial charge in [-0.05, 0) is 74.2 Å². The van der Waals surface area contributed by atoms with Crippen molar-refractivity contribution in [3.8, 4) is 0 Å². The van der Waals surface area contributed by atoms with Gasteiger partial charge in [-0.25, -0.2) is 0 Å². The largest absolute Gasteiger partial charge is 0.416 e. The lowest BCUT2D eigenvalue weighted by Gasteiger charge is -2.38. The molecule has 0 amide bonds. The van der Waals surface area contributed by atoms with E-state index in [0.717, 1.165) is 64.3 Å². The van der Waals surface area contributed by atoms with Gasteiger partial charge in [0.1, 0.15) is 0 Å². The van der Waals surface area contributed by atoms with Crippen LogP contribution in [0.5, 0.6) is 0 Å². The predicted octanol–water partition coefficient (Wildman–Crippen LogP) is 5.64. The highest BCUT2D eigenvalue weighted by Gasteiger charge is 2.31. The van der Waals surface area contributed by atoms with E-state index in [2.05, 4.69) is 45.5 Å². The maximum atomic E-state index is 13.0. The maximum absolute atomic E-state index is 13.0. The summed E-state index contributed by atoms with van der Waals surface area (Å²) in [4.78, 5) is 7.05. The number of rotatable bonds is 7. The fourth-order valence-corrected chi connectivity index (χ4v) is 4.94. The molecule has 4 rings (SSSR count). The summed E-state index contributed by atoms with van der Waals surface area (Å²) in [6.45, 7) is 11.9. The molecule has 0 N–H and O–H groups in total. The SMILES string of the molecule is C=C(CN1CCC(CCN2CCN(c3cccc(C(F)(F)F)c3)CC2)CC1)c1ccccc1. The minimum atomic E-state index is -4.29. The van der Waals surface area contributed by atoms with E-state index in [1.165, 1.54) is 42.5 Å². The Morgan fingerprint density at radius 1 is 0.848 bits per heavy atom. The van der Waals surface area contributed by atoms with Crippen molar-refractivity contribution in [1.82, 2.24) is 9.80 Å². The van der Waals surface area contributed by atoms with Gasteiger partial charge in [-0.2, -0.15) is 13.2 Å². The van der Waals surface area contributed by atoms with Gasteiger partial charge in [0.15, 0.2) is 0 Å². The molecule has 2 aromatic carbocycles. The van der Waals surface area contributed by atoms with Gasteiger partial charge in [-0.1, -0.05) is 43.0 Å². The Morgan fingerprint density at radius 3 is 2.21 bits per heavy atom. The molecule has 2 heterocycles. The molecule has 0 unspecified atom stereocenters. The zero-order chi connectivity index (χ0) is 23.3. The van der Waals surface area contributed by atoms with Crippen molar-refractivity contribution >= 4 is 11.3 Å². The van der Waals surface area contributed by atoms with Crippen LogP contribution < -0.4 is 4.90 Å². The van der Waals surface area contributed by atoms with Crippen LogP contribution in [0.4, 0.5) is 18.9 Å². The molecule has 0 spiro atoms. The molecular weight excluding hydrogens is 423 g/mol. The van der Waals surface area contributed by atoms with Gasteiger partial charge in [0.2, 0.25) is 0 Å². The Morgan fingerprint density at radius 2 is 1.55 bits per heavy atom. The Balaban J connectivity index is 1.16. The van der Waals surface area contributed by atoms with E-state index in [9.17, 15) is 13.2 Å². The third kappa shape index (κ3) is 6.61. The number of piperazine rings is 1. The molecule has 3 nitrogen and oxygen atoms in total. The van der Waals surface area contributed by atoms with Gasteiger partial charge in [0.25, 0.3) is 0 Å². The van der Waals surface area contributed by atoms with E-state index in [4.69, 9.17) is 0 Å². The molecule has 0 aliphatic carbocycles. The van der Waals surface area contributed by atoms with Gasteiger partial charge in [-0.15, -0.1) is 0 Å². The topological polar surface area (TPSA) is 9.72 Å². The number of likely N-dealkylation sites (tertiary alicyclic amines) is 1. The van der Waals surface area contributed by atoms with Crippen LogP contribution in [0.15, 0.2) is 61.2 Å². The van der Waals surface area contributed by atoms with E-state index in [-0.39, 0.29) is 0 Å². The highest BCUT2D eigenvalue weighted by Crippen LogP contribution is 2.32. The minimum absolute atomic E-state index is 0.568. The first-order valence-corrected chi connectivity index (χ1v) is 12.0. The summed E-state index contributed by atoms with van der Waals surface area (Å²) >= 11 is 0. The summed E-state index contributed by atoms with van der Waals surface area (Å²) < 4.78 is 39.0. The van der Waals surface area contributed by atoms with Crippen molar-refractivity contribution in [2.45, 2.75) is 25.4 Å². The van der Waals surface area contributed by atoms with Crippen molar-refractivity contribution in [1.29, 1.82) is 0 Å². The van der Waals surface area contributed by atoms with Crippen molar-refractivity contribution < 1.29 is 13.2 Å². The third-order valence-electron chi connectivity index (χ3n) is 7.07. The summed E-state index contributed by atoms with van der Waals surface area (Å²) in [5.41, 5.74) is 2.52. The van der Waals surface area contributed by atoms with Crippen molar-refractivity contribution in [2.75, 3.05) is 57.3 Å². The van der Waals surface area contributed by atoms with Crippen LogP contribution in [0, 0.1) is 5.92 Å². The summed E-state index contributed by atoms with van der Waals surface area (Å²) in [5.74, 6) is 0.757. The Labute approximate surface area is 195 Å². The molecule has 2 saturated heterocycles. The number of hydrogen-bond donors (Lipinski definition) is 0. The number of anilines is 1. The molecule has 0 saturated carbocycles. The van der Waals surface area contributed by atoms with Gasteiger partial charge >= 0.3 is 6.18 Å². The summed E-state index contributed by atoms with van der Waals surface area (Å²) in [5, 5.41) is 0. The monoisotopic (exact) mass is 457 g/mol. The Hall–Kier alpha value is -2.31. The number of halogens is 3. The van der Waals surface area contributed by atoms with Crippen LogP contribution in [0.1, 0.15) is 30.4 Å². The average Bonchev–Trinajstić information content (AvgIpc) is 2.84. The molecule has 2 fully saturated rings. The van der Waals surface area contributed by atoms with Gasteiger partial charge in [0.05, 0.1) is 5.56 Å². The van der Waals surface area contributed by atoms with Crippen LogP contribution in [0.2, 0.25) is 0 Å². The Kier molecular flexibility index (Phi) is 7.76. The second-order valence-corrected chi connectivity index (χ2v) is 9.35. The second-order valence-electron chi connectivity index (χ2n) is 9.35. The molecule has 0 aromatic heterocycles. The lowest BCUT2D eigenvalue weighted by molar-refractivity contribution is -0.137. The predicted molar refractivity (Wildman–Crippen MR) is 129 cm³/mol. The minimum Gasteiger partial charge on any atom is -0.369 e. The highest BCUT2D eigenvalue weighted by atomic mass is 19.4. The Bertz CT molecular complexity index is 896. The molecule has 2 aliphatic heterocycles. The lowest BCUT2D eigenvalue weighted by atomic mass is 9.92. The van der Waals surface area contributed by atoms with Crippen LogP contribution >= 0.6 is 0 Å². The molecule has 2 aliphatic rings. The summed E-state index contributed by atoms with van der Waals surface area (Å²) in [6, 6.07) is 16.1. The third-order valence-corrected chi connectivity index (χ3v) is 7.07. The zero-order valence-electron chi connectivity index (χ0n) is 19.2. The number of alkyl halides is 3. The van der Waals surface area contributed by atoms with Crippen molar-refractivity contribution in [3.05, 3.63) is 72.3 Å². The van der Waals surface area contributed by atoms with Gasteiger partial charge in [0, 0.05) is 38.4 Å². The van der Waals surface area contributed by atoms with E-state index in [1.54, 1.807) is 6.07 Å². The van der Waals surface area contributed by atoms with Crippen LogP contribution in [-0.4, -0.2) is 62.2 Å². The van der Waals surface area contributed by atoms with E-state index in [0.29, 0.717) is 5.69 Å². The van der Waals surface area contributed by atoms with Crippen LogP contribution in [0.25, 0.3) is 5.57 Å². The molecule has 2 aromatic rings. The first-order valence-electron chi connectivity index (χ1n) is 12.0. The zero-order valence-corrected chi connectivity index (χ0v) is 19.2. The molecule has 0 atom stereocenters. The van der Waals surface area contributed by atoms with Crippen molar-refractivity contribution in [3.63, 3.8) is 0 Å². The molecule has 178 valence electrons. The number of nitrogens with zero attached hydrogens (tertiary/aromatic N) is 3. The summed E-state index contributed by atoms with van der Waals surface area (Å²) in [7, 11) is 0. The van der Waals surface area contributed by atoms with Crippen LogP contribution in [0.3, 0.4) is 0 Å². The number of hydrogen-bond acceptors (Lipinski definition) is 3. The maximum Gasteiger partial charge on any atom is 0.416 e. The van der Waals surface area contributed by atoms with Gasteiger partial charge in [-0.3, -0.25) is 9.80 Å². The normalized spacial score (nSPS) is 19.1. The van der Waals surface area contributed by atoms with Gasteiger partial charge < -0.3 is 4.90 Å². The quantitative estimate of drug-likeness (QED) is 0.533. The van der Waals surface area contributed by atoms with E-state index >= 15 is 0 Å². The van der Waals surface area contributed by atoms with Crippen molar-refractivity contribution in [2.24, 2.45) is 5.92 Å². The molecule has 0 bridgehead atoms.